The number of benzene rings is 1. The molecule has 2 nitrogen and oxygen atoms in total. The van der Waals surface area contributed by atoms with Crippen LogP contribution in [0.1, 0.15) is 64.3 Å². The average Bonchev–Trinajstić information content (AvgIpc) is 2.64. The molecule has 1 aromatic rings. The Morgan fingerprint density at radius 2 is 1.79 bits per heavy atom. The first-order valence-electron chi connectivity index (χ1n) is 7.24. The second kappa shape index (κ2) is 4.60. The van der Waals surface area contributed by atoms with Crippen molar-refractivity contribution in [1.82, 2.24) is 4.90 Å². The van der Waals surface area contributed by atoms with Crippen molar-refractivity contribution in [2.24, 2.45) is 5.73 Å². The van der Waals surface area contributed by atoms with Crippen LogP contribution in [-0.4, -0.2) is 17.0 Å². The summed E-state index contributed by atoms with van der Waals surface area (Å²) in [5, 5.41) is 0. The molecule has 2 rings (SSSR count). The quantitative estimate of drug-likeness (QED) is 0.836. The maximum Gasteiger partial charge on any atom is 0.0482 e. The van der Waals surface area contributed by atoms with Crippen molar-refractivity contribution in [2.45, 2.75) is 65.1 Å². The van der Waals surface area contributed by atoms with E-state index in [-0.39, 0.29) is 11.0 Å². The predicted molar refractivity (Wildman–Crippen MR) is 82.2 cm³/mol. The van der Waals surface area contributed by atoms with Gasteiger partial charge >= 0.3 is 0 Å². The number of hydrogen-bond acceptors (Lipinski definition) is 2. The van der Waals surface area contributed by atoms with Gasteiger partial charge in [0.05, 0.1) is 0 Å². The van der Waals surface area contributed by atoms with Crippen LogP contribution in [0.25, 0.3) is 0 Å². The Morgan fingerprint density at radius 3 is 2.26 bits per heavy atom. The van der Waals surface area contributed by atoms with Crippen molar-refractivity contribution in [2.75, 3.05) is 6.54 Å². The number of nitrogens with two attached hydrogens (primary N) is 1. The summed E-state index contributed by atoms with van der Waals surface area (Å²) >= 11 is 0. The summed E-state index contributed by atoms with van der Waals surface area (Å²) in [6.07, 6.45) is 0. The van der Waals surface area contributed by atoms with E-state index in [0.29, 0.717) is 12.6 Å². The van der Waals surface area contributed by atoms with E-state index in [9.17, 15) is 0 Å². The van der Waals surface area contributed by atoms with E-state index in [1.54, 1.807) is 0 Å². The molecular formula is C17H28N2. The van der Waals surface area contributed by atoms with E-state index in [0.717, 1.165) is 6.54 Å². The van der Waals surface area contributed by atoms with Crippen LogP contribution in [-0.2, 0) is 12.0 Å². The van der Waals surface area contributed by atoms with Gasteiger partial charge in [-0.3, -0.25) is 4.90 Å². The van der Waals surface area contributed by atoms with Crippen LogP contribution in [0.5, 0.6) is 0 Å². The zero-order valence-electron chi connectivity index (χ0n) is 13.2. The van der Waals surface area contributed by atoms with Crippen LogP contribution >= 0.6 is 0 Å². The van der Waals surface area contributed by atoms with Crippen LogP contribution in [0.15, 0.2) is 18.2 Å². The van der Waals surface area contributed by atoms with Crippen molar-refractivity contribution >= 4 is 0 Å². The Kier molecular flexibility index (Phi) is 3.53. The van der Waals surface area contributed by atoms with E-state index < -0.39 is 0 Å². The Hall–Kier alpha value is -0.860. The van der Waals surface area contributed by atoms with Gasteiger partial charge in [0.25, 0.3) is 0 Å². The Bertz CT molecular complexity index is 463. The van der Waals surface area contributed by atoms with Gasteiger partial charge in [0.1, 0.15) is 0 Å². The number of rotatable bonds is 1. The minimum Gasteiger partial charge on any atom is -0.329 e. The van der Waals surface area contributed by atoms with Crippen LogP contribution in [0.2, 0.25) is 0 Å². The molecule has 106 valence electrons. The van der Waals surface area contributed by atoms with Crippen LogP contribution in [0.4, 0.5) is 0 Å². The van der Waals surface area contributed by atoms with Crippen LogP contribution < -0.4 is 5.73 Å². The van der Waals surface area contributed by atoms with Crippen molar-refractivity contribution in [3.63, 3.8) is 0 Å². The van der Waals surface area contributed by atoms with E-state index in [4.69, 9.17) is 5.73 Å². The van der Waals surface area contributed by atoms with Gasteiger partial charge in [-0.1, -0.05) is 39.0 Å². The minimum atomic E-state index is 0.158. The SMILES string of the molecule is CC(C)(C)c1ccc2c(c1)C(CN)N(C(C)(C)C)C2. The summed E-state index contributed by atoms with van der Waals surface area (Å²) < 4.78 is 0. The number of fused-ring (bicyclic) bond motifs is 1. The first-order valence-corrected chi connectivity index (χ1v) is 7.24. The van der Waals surface area contributed by atoms with Gasteiger partial charge in [-0.2, -0.15) is 0 Å². The fourth-order valence-electron chi connectivity index (χ4n) is 2.94. The molecule has 0 aromatic heterocycles. The molecule has 0 saturated heterocycles. The highest BCUT2D eigenvalue weighted by molar-refractivity contribution is 5.40. The first-order chi connectivity index (χ1) is 8.64. The highest BCUT2D eigenvalue weighted by Gasteiger charge is 2.36. The lowest BCUT2D eigenvalue weighted by molar-refractivity contribution is 0.0948. The zero-order chi connectivity index (χ0) is 14.4. The summed E-state index contributed by atoms with van der Waals surface area (Å²) in [6, 6.07) is 7.30. The first kappa shape index (κ1) is 14.5. The monoisotopic (exact) mass is 260 g/mol. The summed E-state index contributed by atoms with van der Waals surface area (Å²) in [5.41, 5.74) is 10.7. The standard InChI is InChI=1S/C17H28N2/c1-16(2,3)13-8-7-12-11-19(17(4,5)6)15(10-18)14(12)9-13/h7-9,15H,10-11,18H2,1-6H3. The normalized spacial score (nSPS) is 20.7. The van der Waals surface area contributed by atoms with E-state index in [1.807, 2.05) is 0 Å². The molecule has 1 aliphatic rings. The summed E-state index contributed by atoms with van der Waals surface area (Å²) in [7, 11) is 0. The highest BCUT2D eigenvalue weighted by atomic mass is 15.2. The lowest BCUT2D eigenvalue weighted by Crippen LogP contribution is -2.42. The Balaban J connectivity index is 2.43. The summed E-state index contributed by atoms with van der Waals surface area (Å²) in [4.78, 5) is 2.52. The topological polar surface area (TPSA) is 29.3 Å². The van der Waals surface area contributed by atoms with Gasteiger partial charge in [-0.05, 0) is 42.9 Å². The molecule has 1 atom stereocenters. The Labute approximate surface area is 118 Å². The molecule has 0 amide bonds. The number of hydrogen-bond donors (Lipinski definition) is 1. The molecule has 2 heteroatoms. The van der Waals surface area contributed by atoms with E-state index in [2.05, 4.69) is 64.6 Å². The van der Waals surface area contributed by atoms with Gasteiger partial charge in [-0.15, -0.1) is 0 Å². The molecule has 0 aliphatic carbocycles. The van der Waals surface area contributed by atoms with Crippen molar-refractivity contribution < 1.29 is 0 Å². The molecule has 2 N–H and O–H groups in total. The fraction of sp³-hybridized carbons (Fsp3) is 0.647. The van der Waals surface area contributed by atoms with Crippen molar-refractivity contribution in [3.8, 4) is 0 Å². The molecule has 0 bridgehead atoms. The molecule has 0 saturated carbocycles. The molecule has 0 radical (unpaired) electrons. The molecule has 1 aliphatic heterocycles. The molecule has 19 heavy (non-hydrogen) atoms. The van der Waals surface area contributed by atoms with Gasteiger partial charge in [-0.25, -0.2) is 0 Å². The van der Waals surface area contributed by atoms with Gasteiger partial charge < -0.3 is 5.73 Å². The molecule has 0 fully saturated rings. The maximum absolute atomic E-state index is 6.05. The van der Waals surface area contributed by atoms with Crippen molar-refractivity contribution in [3.05, 3.63) is 34.9 Å². The highest BCUT2D eigenvalue weighted by Crippen LogP contribution is 2.39. The zero-order valence-corrected chi connectivity index (χ0v) is 13.2. The third kappa shape index (κ3) is 2.70. The van der Waals surface area contributed by atoms with Gasteiger partial charge in [0.2, 0.25) is 0 Å². The third-order valence-electron chi connectivity index (χ3n) is 4.17. The average molecular weight is 260 g/mol. The molecule has 1 heterocycles. The second-order valence-corrected chi connectivity index (χ2v) is 7.71. The van der Waals surface area contributed by atoms with E-state index >= 15 is 0 Å². The van der Waals surface area contributed by atoms with Crippen molar-refractivity contribution in [1.29, 1.82) is 0 Å². The largest absolute Gasteiger partial charge is 0.329 e. The van der Waals surface area contributed by atoms with Gasteiger partial charge in [0, 0.05) is 24.7 Å². The minimum absolute atomic E-state index is 0.158. The van der Waals surface area contributed by atoms with E-state index in [1.165, 1.54) is 16.7 Å². The number of nitrogens with zero attached hydrogens (tertiary/aromatic N) is 1. The van der Waals surface area contributed by atoms with Gasteiger partial charge in [0.15, 0.2) is 0 Å². The lowest BCUT2D eigenvalue weighted by Gasteiger charge is -2.36. The summed E-state index contributed by atoms with van der Waals surface area (Å²) in [6.45, 7) is 15.3. The third-order valence-corrected chi connectivity index (χ3v) is 4.17. The molecule has 1 aromatic carbocycles. The van der Waals surface area contributed by atoms with Crippen LogP contribution in [0.3, 0.4) is 0 Å². The second-order valence-electron chi connectivity index (χ2n) is 7.71. The summed E-state index contributed by atoms with van der Waals surface area (Å²) in [5.74, 6) is 0. The fourth-order valence-corrected chi connectivity index (χ4v) is 2.94. The Morgan fingerprint density at radius 1 is 1.16 bits per heavy atom. The molecule has 1 unspecified atom stereocenters. The molecule has 0 spiro atoms. The van der Waals surface area contributed by atoms with Crippen LogP contribution in [0, 0.1) is 0 Å². The lowest BCUT2D eigenvalue weighted by atomic mass is 9.85. The molecular weight excluding hydrogens is 232 g/mol. The maximum atomic E-state index is 6.05. The predicted octanol–water partition coefficient (Wildman–Crippen LogP) is 3.60. The smallest absolute Gasteiger partial charge is 0.0482 e.